The molecule has 0 saturated heterocycles. The van der Waals surface area contributed by atoms with E-state index in [2.05, 4.69) is 10.3 Å². The molecule has 100 valence electrons. The minimum atomic E-state index is -1.09. The van der Waals surface area contributed by atoms with E-state index in [0.29, 0.717) is 21.4 Å². The number of halogens is 2. The summed E-state index contributed by atoms with van der Waals surface area (Å²) >= 11 is 12.0. The lowest BCUT2D eigenvalue weighted by atomic mass is 10.2. The number of carboxylic acids is 1. The highest BCUT2D eigenvalue weighted by Gasteiger charge is 2.15. The average molecular weight is 301 g/mol. The maximum atomic E-state index is 10.7. The normalized spacial score (nSPS) is 12.4. The Labute approximate surface area is 118 Å². The van der Waals surface area contributed by atoms with Crippen molar-refractivity contribution in [3.8, 4) is 5.69 Å². The number of nitrogens with zero attached hydrogens (tertiary/aromatic N) is 3. The van der Waals surface area contributed by atoms with E-state index in [1.54, 1.807) is 24.4 Å². The summed E-state index contributed by atoms with van der Waals surface area (Å²) < 4.78 is 1.43. The van der Waals surface area contributed by atoms with Crippen LogP contribution in [0.2, 0.25) is 10.0 Å². The molecule has 0 fully saturated rings. The van der Waals surface area contributed by atoms with E-state index < -0.39 is 12.0 Å². The summed E-state index contributed by atoms with van der Waals surface area (Å²) in [4.78, 5) is 10.7. The van der Waals surface area contributed by atoms with Gasteiger partial charge in [-0.3, -0.25) is 4.79 Å². The molecule has 0 aliphatic heterocycles. The lowest BCUT2D eigenvalue weighted by Crippen LogP contribution is -2.32. The van der Waals surface area contributed by atoms with Gasteiger partial charge in [0.1, 0.15) is 6.04 Å². The Hall–Kier alpha value is -1.63. The largest absolute Gasteiger partial charge is 0.480 e. The molecule has 2 rings (SSSR count). The van der Waals surface area contributed by atoms with Gasteiger partial charge in [0.2, 0.25) is 0 Å². The smallest absolute Gasteiger partial charge is 0.320 e. The number of aliphatic carboxylic acids is 1. The molecule has 0 radical (unpaired) electrons. The van der Waals surface area contributed by atoms with Crippen LogP contribution < -0.4 is 5.73 Å². The minimum Gasteiger partial charge on any atom is -0.480 e. The fraction of sp³-hybridized carbons (Fsp3) is 0.182. The minimum absolute atomic E-state index is 0.0908. The second kappa shape index (κ2) is 5.56. The van der Waals surface area contributed by atoms with Crippen LogP contribution in [0.15, 0.2) is 24.4 Å². The van der Waals surface area contributed by atoms with Crippen molar-refractivity contribution in [2.75, 3.05) is 0 Å². The molecule has 1 unspecified atom stereocenters. The quantitative estimate of drug-likeness (QED) is 0.893. The van der Waals surface area contributed by atoms with Crippen LogP contribution in [-0.2, 0) is 11.2 Å². The van der Waals surface area contributed by atoms with Gasteiger partial charge in [0.25, 0.3) is 0 Å². The lowest BCUT2D eigenvalue weighted by Gasteiger charge is -2.04. The summed E-state index contributed by atoms with van der Waals surface area (Å²) in [6, 6.07) is 4.10. The number of rotatable bonds is 4. The first-order valence-corrected chi connectivity index (χ1v) is 6.08. The molecule has 1 aromatic carbocycles. The van der Waals surface area contributed by atoms with Gasteiger partial charge >= 0.3 is 5.97 Å². The Balaban J connectivity index is 2.26. The van der Waals surface area contributed by atoms with E-state index in [9.17, 15) is 4.79 Å². The fourth-order valence-electron chi connectivity index (χ4n) is 1.49. The van der Waals surface area contributed by atoms with Gasteiger partial charge in [0.05, 0.1) is 27.6 Å². The monoisotopic (exact) mass is 300 g/mol. The zero-order chi connectivity index (χ0) is 14.0. The summed E-state index contributed by atoms with van der Waals surface area (Å²) in [5.74, 6) is -1.09. The molecule has 1 atom stereocenters. The maximum absolute atomic E-state index is 10.7. The number of benzene rings is 1. The van der Waals surface area contributed by atoms with Crippen molar-refractivity contribution in [3.05, 3.63) is 40.1 Å². The van der Waals surface area contributed by atoms with Gasteiger partial charge < -0.3 is 10.8 Å². The number of carboxylic acid groups (broad SMARTS) is 1. The van der Waals surface area contributed by atoms with E-state index >= 15 is 0 Å². The second-order valence-electron chi connectivity index (χ2n) is 3.88. The van der Waals surface area contributed by atoms with Crippen molar-refractivity contribution < 1.29 is 9.90 Å². The van der Waals surface area contributed by atoms with Crippen LogP contribution in [0.25, 0.3) is 5.69 Å². The molecule has 0 saturated carbocycles. The molecule has 0 amide bonds. The Morgan fingerprint density at radius 1 is 1.47 bits per heavy atom. The van der Waals surface area contributed by atoms with Crippen LogP contribution in [0.1, 0.15) is 5.69 Å². The summed E-state index contributed by atoms with van der Waals surface area (Å²) in [6.07, 6.45) is 1.66. The zero-order valence-electron chi connectivity index (χ0n) is 9.62. The maximum Gasteiger partial charge on any atom is 0.320 e. The highest BCUT2D eigenvalue weighted by Crippen LogP contribution is 2.27. The molecule has 19 heavy (non-hydrogen) atoms. The molecule has 0 spiro atoms. The molecule has 6 nitrogen and oxygen atoms in total. The van der Waals surface area contributed by atoms with Crippen molar-refractivity contribution >= 4 is 29.2 Å². The van der Waals surface area contributed by atoms with Gasteiger partial charge in [-0.1, -0.05) is 34.5 Å². The molecule has 3 N–H and O–H groups in total. The number of nitrogens with two attached hydrogens (primary N) is 1. The Morgan fingerprint density at radius 3 is 2.89 bits per heavy atom. The highest BCUT2D eigenvalue weighted by atomic mass is 35.5. The first kappa shape index (κ1) is 13.8. The Morgan fingerprint density at radius 2 is 2.21 bits per heavy atom. The SMILES string of the molecule is NC(Cc1cn(-c2cccc(Cl)c2Cl)nn1)C(=O)O. The van der Waals surface area contributed by atoms with Crippen LogP contribution in [0.3, 0.4) is 0 Å². The third-order valence-corrected chi connectivity index (χ3v) is 3.27. The van der Waals surface area contributed by atoms with Crippen LogP contribution in [0.5, 0.6) is 0 Å². The van der Waals surface area contributed by atoms with Gasteiger partial charge in [0, 0.05) is 6.42 Å². The predicted molar refractivity (Wildman–Crippen MR) is 70.7 cm³/mol. The van der Waals surface area contributed by atoms with E-state index in [4.69, 9.17) is 34.0 Å². The molecule has 0 aliphatic carbocycles. The molecule has 8 heteroatoms. The molecular weight excluding hydrogens is 291 g/mol. The topological polar surface area (TPSA) is 94.0 Å². The van der Waals surface area contributed by atoms with Crippen molar-refractivity contribution in [1.29, 1.82) is 0 Å². The highest BCUT2D eigenvalue weighted by molar-refractivity contribution is 6.43. The van der Waals surface area contributed by atoms with Crippen molar-refractivity contribution in [1.82, 2.24) is 15.0 Å². The summed E-state index contributed by atoms with van der Waals surface area (Å²) in [7, 11) is 0. The predicted octanol–water partition coefficient (Wildman–Crippen LogP) is 1.53. The van der Waals surface area contributed by atoms with E-state index in [1.165, 1.54) is 4.68 Å². The van der Waals surface area contributed by atoms with Crippen LogP contribution in [-0.4, -0.2) is 32.1 Å². The number of carbonyl (C=O) groups is 1. The van der Waals surface area contributed by atoms with Crippen LogP contribution in [0, 0.1) is 0 Å². The van der Waals surface area contributed by atoms with Gasteiger partial charge in [0.15, 0.2) is 0 Å². The van der Waals surface area contributed by atoms with Crippen LogP contribution in [0.4, 0.5) is 0 Å². The van der Waals surface area contributed by atoms with Crippen molar-refractivity contribution in [2.45, 2.75) is 12.5 Å². The number of hydrogen-bond donors (Lipinski definition) is 2. The fourth-order valence-corrected chi connectivity index (χ4v) is 1.87. The first-order valence-electron chi connectivity index (χ1n) is 5.33. The Bertz CT molecular complexity index is 614. The van der Waals surface area contributed by atoms with Gasteiger partial charge in [-0.2, -0.15) is 0 Å². The van der Waals surface area contributed by atoms with Gasteiger partial charge in [-0.25, -0.2) is 4.68 Å². The average Bonchev–Trinajstić information content (AvgIpc) is 2.81. The number of hydrogen-bond acceptors (Lipinski definition) is 4. The third kappa shape index (κ3) is 3.04. The summed E-state index contributed by atoms with van der Waals surface area (Å²) in [5, 5.41) is 17.2. The van der Waals surface area contributed by atoms with E-state index in [0.717, 1.165) is 0 Å². The van der Waals surface area contributed by atoms with Crippen molar-refractivity contribution in [3.63, 3.8) is 0 Å². The molecule has 1 heterocycles. The van der Waals surface area contributed by atoms with Gasteiger partial charge in [-0.15, -0.1) is 5.10 Å². The lowest BCUT2D eigenvalue weighted by molar-refractivity contribution is -0.138. The first-order chi connectivity index (χ1) is 8.99. The van der Waals surface area contributed by atoms with Crippen molar-refractivity contribution in [2.24, 2.45) is 5.73 Å². The second-order valence-corrected chi connectivity index (χ2v) is 4.66. The number of aromatic nitrogens is 3. The van der Waals surface area contributed by atoms with Crippen LogP contribution >= 0.6 is 23.2 Å². The van der Waals surface area contributed by atoms with Gasteiger partial charge in [-0.05, 0) is 12.1 Å². The molecule has 1 aromatic heterocycles. The molecule has 2 aromatic rings. The van der Waals surface area contributed by atoms with E-state index in [-0.39, 0.29) is 6.42 Å². The standard InChI is InChI=1S/C11H10Cl2N4O2/c12-7-2-1-3-9(10(7)13)17-5-6(15-16-17)4-8(14)11(18)19/h1-3,5,8H,4,14H2,(H,18,19). The summed E-state index contributed by atoms with van der Waals surface area (Å²) in [6.45, 7) is 0. The summed E-state index contributed by atoms with van der Waals surface area (Å²) in [5.41, 5.74) is 6.46. The van der Waals surface area contributed by atoms with E-state index in [1.807, 2.05) is 0 Å². The third-order valence-electron chi connectivity index (χ3n) is 2.47. The molecular formula is C11H10Cl2N4O2. The zero-order valence-corrected chi connectivity index (χ0v) is 11.1. The Kier molecular flexibility index (Phi) is 4.04. The molecule has 0 aliphatic rings. The molecule has 0 bridgehead atoms.